The lowest BCUT2D eigenvalue weighted by Crippen LogP contribution is -1.98. The first-order valence-corrected chi connectivity index (χ1v) is 5.78. The van der Waals surface area contributed by atoms with E-state index in [0.717, 1.165) is 17.9 Å². The monoisotopic (exact) mass is 236 g/mol. The van der Waals surface area contributed by atoms with E-state index < -0.39 is 5.97 Å². The van der Waals surface area contributed by atoms with Crippen LogP contribution in [-0.4, -0.2) is 17.9 Å². The van der Waals surface area contributed by atoms with Crippen LogP contribution >= 0.6 is 0 Å². The molecule has 0 amide bonds. The van der Waals surface area contributed by atoms with E-state index in [2.05, 4.69) is 6.92 Å². The number of carbonyl (C=O) groups is 1. The van der Waals surface area contributed by atoms with E-state index in [4.69, 9.17) is 14.6 Å². The van der Waals surface area contributed by atoms with Crippen LogP contribution in [0.3, 0.4) is 0 Å². The van der Waals surface area contributed by atoms with Crippen molar-refractivity contribution in [2.75, 3.05) is 6.79 Å². The molecule has 1 unspecified atom stereocenters. The van der Waals surface area contributed by atoms with Crippen LogP contribution in [0.15, 0.2) is 18.2 Å². The highest BCUT2D eigenvalue weighted by atomic mass is 16.7. The van der Waals surface area contributed by atoms with Gasteiger partial charge in [0.25, 0.3) is 0 Å². The van der Waals surface area contributed by atoms with Gasteiger partial charge in [0.1, 0.15) is 0 Å². The number of fused-ring (bicyclic) bond motifs is 1. The average molecular weight is 236 g/mol. The van der Waals surface area contributed by atoms with Gasteiger partial charge in [-0.05, 0) is 36.5 Å². The molecule has 1 atom stereocenters. The van der Waals surface area contributed by atoms with Gasteiger partial charge >= 0.3 is 5.97 Å². The Labute approximate surface area is 100 Å². The first kappa shape index (κ1) is 11.8. The third-order valence-corrected chi connectivity index (χ3v) is 2.99. The third-order valence-electron chi connectivity index (χ3n) is 2.99. The van der Waals surface area contributed by atoms with Gasteiger partial charge in [-0.25, -0.2) is 0 Å². The van der Waals surface area contributed by atoms with Gasteiger partial charge in [-0.3, -0.25) is 4.79 Å². The molecule has 17 heavy (non-hydrogen) atoms. The fourth-order valence-electron chi connectivity index (χ4n) is 1.95. The molecule has 0 bridgehead atoms. The molecule has 92 valence electrons. The molecule has 1 heterocycles. The maximum absolute atomic E-state index is 10.4. The first-order valence-electron chi connectivity index (χ1n) is 5.78. The molecule has 1 aromatic carbocycles. The molecule has 1 aliphatic rings. The number of hydrogen-bond acceptors (Lipinski definition) is 3. The Bertz CT molecular complexity index is 414. The van der Waals surface area contributed by atoms with E-state index in [1.54, 1.807) is 0 Å². The number of carboxylic acids is 1. The maximum Gasteiger partial charge on any atom is 0.303 e. The SMILES string of the molecule is CC(CCCC(=O)O)c1ccc2c(c1)OCO2. The summed E-state index contributed by atoms with van der Waals surface area (Å²) >= 11 is 0. The summed E-state index contributed by atoms with van der Waals surface area (Å²) in [5, 5.41) is 8.59. The summed E-state index contributed by atoms with van der Waals surface area (Å²) in [6.45, 7) is 2.38. The van der Waals surface area contributed by atoms with Crippen LogP contribution in [0.2, 0.25) is 0 Å². The van der Waals surface area contributed by atoms with Gasteiger partial charge in [-0.2, -0.15) is 0 Å². The Morgan fingerprint density at radius 3 is 2.94 bits per heavy atom. The van der Waals surface area contributed by atoms with Gasteiger partial charge in [0.2, 0.25) is 6.79 Å². The lowest BCUT2D eigenvalue weighted by atomic mass is 9.95. The minimum absolute atomic E-state index is 0.231. The lowest BCUT2D eigenvalue weighted by molar-refractivity contribution is -0.137. The fourth-order valence-corrected chi connectivity index (χ4v) is 1.95. The topological polar surface area (TPSA) is 55.8 Å². The molecule has 1 aromatic rings. The van der Waals surface area contributed by atoms with Gasteiger partial charge in [0, 0.05) is 6.42 Å². The minimum Gasteiger partial charge on any atom is -0.481 e. The fraction of sp³-hybridized carbons (Fsp3) is 0.462. The van der Waals surface area contributed by atoms with E-state index in [-0.39, 0.29) is 13.2 Å². The lowest BCUT2D eigenvalue weighted by Gasteiger charge is -2.11. The molecule has 1 N–H and O–H groups in total. The van der Waals surface area contributed by atoms with Crippen molar-refractivity contribution >= 4 is 5.97 Å². The number of aliphatic carboxylic acids is 1. The smallest absolute Gasteiger partial charge is 0.303 e. The molecule has 0 radical (unpaired) electrons. The summed E-state index contributed by atoms with van der Waals surface area (Å²) in [5.41, 5.74) is 1.17. The zero-order chi connectivity index (χ0) is 12.3. The quantitative estimate of drug-likeness (QED) is 0.854. The van der Waals surface area contributed by atoms with Crippen molar-refractivity contribution in [3.63, 3.8) is 0 Å². The zero-order valence-electron chi connectivity index (χ0n) is 9.81. The van der Waals surface area contributed by atoms with Gasteiger partial charge < -0.3 is 14.6 Å². The van der Waals surface area contributed by atoms with Crippen molar-refractivity contribution < 1.29 is 19.4 Å². The Morgan fingerprint density at radius 2 is 2.18 bits per heavy atom. The molecule has 4 heteroatoms. The normalized spacial score (nSPS) is 14.6. The van der Waals surface area contributed by atoms with Gasteiger partial charge in [-0.1, -0.05) is 13.0 Å². The summed E-state index contributed by atoms with van der Waals surface area (Å²) in [7, 11) is 0. The van der Waals surface area contributed by atoms with E-state index >= 15 is 0 Å². The number of ether oxygens (including phenoxy) is 2. The summed E-state index contributed by atoms with van der Waals surface area (Å²) in [6.07, 6.45) is 1.80. The Morgan fingerprint density at radius 1 is 1.41 bits per heavy atom. The van der Waals surface area contributed by atoms with Crippen LogP contribution in [-0.2, 0) is 4.79 Å². The molecular formula is C13H16O4. The van der Waals surface area contributed by atoms with Gasteiger partial charge in [0.15, 0.2) is 11.5 Å². The summed E-state index contributed by atoms with van der Waals surface area (Å²) < 4.78 is 10.6. The maximum atomic E-state index is 10.4. The largest absolute Gasteiger partial charge is 0.481 e. The molecule has 4 nitrogen and oxygen atoms in total. The first-order chi connectivity index (χ1) is 8.16. The van der Waals surface area contributed by atoms with Crippen molar-refractivity contribution in [3.05, 3.63) is 23.8 Å². The van der Waals surface area contributed by atoms with Crippen molar-refractivity contribution in [3.8, 4) is 11.5 Å². The Kier molecular flexibility index (Phi) is 3.52. The number of rotatable bonds is 5. The summed E-state index contributed by atoms with van der Waals surface area (Å²) in [5.74, 6) is 1.17. The van der Waals surface area contributed by atoms with Gasteiger partial charge in [-0.15, -0.1) is 0 Å². The van der Waals surface area contributed by atoms with Crippen LogP contribution < -0.4 is 9.47 Å². The Balaban J connectivity index is 1.95. The highest BCUT2D eigenvalue weighted by molar-refractivity contribution is 5.66. The average Bonchev–Trinajstić information content (AvgIpc) is 2.75. The summed E-state index contributed by atoms with van der Waals surface area (Å²) in [6, 6.07) is 5.90. The van der Waals surface area contributed by atoms with Crippen LogP contribution in [0.1, 0.15) is 37.7 Å². The molecule has 2 rings (SSSR count). The minimum atomic E-state index is -0.733. The van der Waals surface area contributed by atoms with E-state index in [1.807, 2.05) is 18.2 Å². The van der Waals surface area contributed by atoms with Crippen LogP contribution in [0.4, 0.5) is 0 Å². The predicted molar refractivity (Wildman–Crippen MR) is 62.5 cm³/mol. The van der Waals surface area contributed by atoms with Crippen LogP contribution in [0.5, 0.6) is 11.5 Å². The van der Waals surface area contributed by atoms with Crippen molar-refractivity contribution in [1.82, 2.24) is 0 Å². The molecule has 1 aliphatic heterocycles. The molecule has 0 saturated carbocycles. The standard InChI is InChI=1S/C13H16O4/c1-9(3-2-4-13(14)15)10-5-6-11-12(7-10)17-8-16-11/h5-7,9H,2-4,8H2,1H3,(H,14,15). The second-order valence-corrected chi connectivity index (χ2v) is 4.30. The number of carboxylic acid groups (broad SMARTS) is 1. The van der Waals surface area contributed by atoms with E-state index in [9.17, 15) is 4.79 Å². The van der Waals surface area contributed by atoms with Crippen LogP contribution in [0.25, 0.3) is 0 Å². The molecule has 0 aliphatic carbocycles. The van der Waals surface area contributed by atoms with Crippen molar-refractivity contribution in [1.29, 1.82) is 0 Å². The zero-order valence-corrected chi connectivity index (χ0v) is 9.81. The number of benzene rings is 1. The molecular weight excluding hydrogens is 220 g/mol. The second kappa shape index (κ2) is 5.08. The molecule has 0 fully saturated rings. The van der Waals surface area contributed by atoms with Crippen LogP contribution in [0, 0.1) is 0 Å². The molecule has 0 saturated heterocycles. The van der Waals surface area contributed by atoms with E-state index in [1.165, 1.54) is 5.56 Å². The summed E-state index contributed by atoms with van der Waals surface area (Å²) in [4.78, 5) is 10.4. The highest BCUT2D eigenvalue weighted by Crippen LogP contribution is 2.35. The number of hydrogen-bond donors (Lipinski definition) is 1. The Hall–Kier alpha value is -1.71. The molecule has 0 aromatic heterocycles. The van der Waals surface area contributed by atoms with Crippen molar-refractivity contribution in [2.45, 2.75) is 32.1 Å². The van der Waals surface area contributed by atoms with Gasteiger partial charge in [0.05, 0.1) is 0 Å². The third kappa shape index (κ3) is 2.90. The predicted octanol–water partition coefficient (Wildman–Crippen LogP) is 2.77. The highest BCUT2D eigenvalue weighted by Gasteiger charge is 2.15. The van der Waals surface area contributed by atoms with E-state index in [0.29, 0.717) is 12.3 Å². The second-order valence-electron chi connectivity index (χ2n) is 4.30. The molecule has 0 spiro atoms. The van der Waals surface area contributed by atoms with Crippen molar-refractivity contribution in [2.24, 2.45) is 0 Å².